The van der Waals surface area contributed by atoms with Gasteiger partial charge in [-0.05, 0) is 91.0 Å². The Morgan fingerprint density at radius 3 is 2.53 bits per heavy atom. The lowest BCUT2D eigenvalue weighted by molar-refractivity contribution is 0.0696. The summed E-state index contributed by atoms with van der Waals surface area (Å²) in [6, 6.07) is 16.9. The van der Waals surface area contributed by atoms with Crippen LogP contribution in [0.4, 0.5) is 4.39 Å². The third-order valence-electron chi connectivity index (χ3n) is 10.2. The molecule has 3 atom stereocenters. The quantitative estimate of drug-likeness (QED) is 0.236. The van der Waals surface area contributed by atoms with Crippen LogP contribution >= 0.6 is 0 Å². The summed E-state index contributed by atoms with van der Waals surface area (Å²) in [4.78, 5) is 20.9. The minimum absolute atomic E-state index is 0.0625. The van der Waals surface area contributed by atoms with E-state index in [0.717, 1.165) is 58.5 Å². The number of amides is 1. The summed E-state index contributed by atoms with van der Waals surface area (Å²) >= 11 is 0. The molecular formula is C35H35FN4O3. The zero-order chi connectivity index (χ0) is 29.6. The van der Waals surface area contributed by atoms with Gasteiger partial charge in [0.1, 0.15) is 11.3 Å². The molecule has 2 bridgehead atoms. The second kappa shape index (κ2) is 9.59. The van der Waals surface area contributed by atoms with Crippen LogP contribution in [0.15, 0.2) is 54.6 Å². The van der Waals surface area contributed by atoms with Gasteiger partial charge in [0, 0.05) is 42.6 Å². The van der Waals surface area contributed by atoms with Gasteiger partial charge in [-0.1, -0.05) is 25.1 Å². The zero-order valence-corrected chi connectivity index (χ0v) is 24.7. The summed E-state index contributed by atoms with van der Waals surface area (Å²) in [6.45, 7) is 3.97. The highest BCUT2D eigenvalue weighted by Gasteiger charge is 2.46. The topological polar surface area (TPSA) is 72.5 Å². The van der Waals surface area contributed by atoms with Crippen molar-refractivity contribution in [3.8, 4) is 34.1 Å². The lowest BCUT2D eigenvalue weighted by Gasteiger charge is -2.27. The van der Waals surface area contributed by atoms with Crippen LogP contribution in [0.25, 0.3) is 44.6 Å². The number of aryl methyl sites for hydroxylation is 1. The number of aromatic hydroxyl groups is 1. The second-order valence-corrected chi connectivity index (χ2v) is 12.8. The van der Waals surface area contributed by atoms with Crippen molar-refractivity contribution in [2.45, 2.75) is 45.2 Å². The molecule has 3 heterocycles. The molecule has 43 heavy (non-hydrogen) atoms. The third kappa shape index (κ3) is 4.13. The smallest absolute Gasteiger partial charge is 0.254 e. The highest BCUT2D eigenvalue weighted by Crippen LogP contribution is 2.44. The Hall–Kier alpha value is -4.33. The predicted molar refractivity (Wildman–Crippen MR) is 165 cm³/mol. The Bertz CT molecular complexity index is 1940. The number of fused-ring (bicyclic) bond motifs is 4. The fourth-order valence-electron chi connectivity index (χ4n) is 7.59. The minimum Gasteiger partial charge on any atom is -0.505 e. The number of hydrogen-bond donors (Lipinski definition) is 1. The molecule has 2 aliphatic carbocycles. The maximum Gasteiger partial charge on any atom is 0.254 e. The standard InChI is InChI=1S/C35H35FN4O3/c1-19-24-8-10-28(19)40(18-24)35(42)25-13-27-33(32(16-25)43-3)38(2)34(37-27)30-15-23-7-6-22(21-9-11-31(41)26(36)12-21)14-29(23)39(30)17-20-4-5-20/h6-7,9,11-16,19-20,24,28,41H,4-5,8,10,17-18H2,1-3H3/t19-,24?,28?/m1/s1. The van der Waals surface area contributed by atoms with Gasteiger partial charge in [-0.2, -0.15) is 0 Å². The lowest BCUT2D eigenvalue weighted by atomic mass is 10.0. The van der Waals surface area contributed by atoms with Crippen molar-refractivity contribution < 1.29 is 19.0 Å². The number of carbonyl (C=O) groups excluding carboxylic acids is 1. The Morgan fingerprint density at radius 2 is 1.84 bits per heavy atom. The third-order valence-corrected chi connectivity index (χ3v) is 10.2. The predicted octanol–water partition coefficient (Wildman–Crippen LogP) is 7.00. The van der Waals surface area contributed by atoms with Gasteiger partial charge in [-0.25, -0.2) is 9.37 Å². The van der Waals surface area contributed by atoms with E-state index in [4.69, 9.17) is 9.72 Å². The number of imidazole rings is 1. The molecule has 220 valence electrons. The summed E-state index contributed by atoms with van der Waals surface area (Å²) in [5, 5.41) is 10.8. The van der Waals surface area contributed by atoms with Crippen LogP contribution in [0, 0.1) is 23.6 Å². The number of phenols is 1. The van der Waals surface area contributed by atoms with Crippen LogP contribution in [0.5, 0.6) is 11.5 Å². The van der Waals surface area contributed by atoms with Crippen LogP contribution in [0.2, 0.25) is 0 Å². The highest BCUT2D eigenvalue weighted by molar-refractivity contribution is 6.00. The van der Waals surface area contributed by atoms with Crippen LogP contribution < -0.4 is 4.74 Å². The number of benzene rings is 3. The number of carbonyl (C=O) groups is 1. The largest absolute Gasteiger partial charge is 0.505 e. The molecule has 3 aromatic carbocycles. The van der Waals surface area contributed by atoms with Crippen LogP contribution in [-0.4, -0.2) is 49.7 Å². The molecule has 0 radical (unpaired) electrons. The van der Waals surface area contributed by atoms with Crippen molar-refractivity contribution in [2.24, 2.45) is 24.8 Å². The van der Waals surface area contributed by atoms with E-state index < -0.39 is 5.82 Å². The maximum absolute atomic E-state index is 14.2. The van der Waals surface area contributed by atoms with E-state index in [-0.39, 0.29) is 11.7 Å². The number of methoxy groups -OCH3 is 1. The van der Waals surface area contributed by atoms with Gasteiger partial charge in [-0.3, -0.25) is 4.79 Å². The normalized spacial score (nSPS) is 21.4. The van der Waals surface area contributed by atoms with Crippen molar-refractivity contribution in [3.63, 3.8) is 0 Å². The highest BCUT2D eigenvalue weighted by atomic mass is 19.1. The number of likely N-dealkylation sites (tertiary alicyclic amines) is 1. The van der Waals surface area contributed by atoms with E-state index in [0.29, 0.717) is 40.7 Å². The van der Waals surface area contributed by atoms with Gasteiger partial charge < -0.3 is 23.9 Å². The first-order valence-corrected chi connectivity index (χ1v) is 15.3. The molecule has 1 N–H and O–H groups in total. The van der Waals surface area contributed by atoms with Crippen molar-refractivity contribution >= 4 is 27.8 Å². The van der Waals surface area contributed by atoms with Crippen LogP contribution in [0.3, 0.4) is 0 Å². The SMILES string of the molecule is COc1cc(C(=O)N2CC3CCC2[C@@H]3C)cc2nc(-c3cc4ccc(-c5ccc(O)c(F)c5)cc4n3CC3CC3)n(C)c12. The Kier molecular flexibility index (Phi) is 5.87. The Balaban J connectivity index is 1.24. The lowest BCUT2D eigenvalue weighted by Crippen LogP contribution is -2.38. The number of ether oxygens (including phenoxy) is 1. The van der Waals surface area contributed by atoms with Crippen LogP contribution in [0.1, 0.15) is 43.0 Å². The van der Waals surface area contributed by atoms with Crippen LogP contribution in [-0.2, 0) is 13.6 Å². The summed E-state index contributed by atoms with van der Waals surface area (Å²) in [6.07, 6.45) is 4.69. The summed E-state index contributed by atoms with van der Waals surface area (Å²) in [5.41, 5.74) is 5.86. The number of phenolic OH excluding ortho intramolecular Hbond substituents is 1. The van der Waals surface area contributed by atoms with E-state index in [1.165, 1.54) is 31.4 Å². The molecule has 3 fully saturated rings. The van der Waals surface area contributed by atoms with Gasteiger partial charge in [0.05, 0.1) is 18.3 Å². The average molecular weight is 579 g/mol. The second-order valence-electron chi connectivity index (χ2n) is 12.8. The summed E-state index contributed by atoms with van der Waals surface area (Å²) in [5.74, 6) is 2.28. The van der Waals surface area contributed by atoms with E-state index in [9.17, 15) is 14.3 Å². The molecule has 3 aliphatic rings. The molecule has 5 aromatic rings. The summed E-state index contributed by atoms with van der Waals surface area (Å²) in [7, 11) is 3.65. The number of aromatic nitrogens is 3. The van der Waals surface area contributed by atoms with E-state index in [2.05, 4.69) is 39.2 Å². The molecule has 2 saturated carbocycles. The maximum atomic E-state index is 14.2. The Labute approximate surface area is 249 Å². The molecular weight excluding hydrogens is 543 g/mol. The van der Waals surface area contributed by atoms with Gasteiger partial charge in [0.25, 0.3) is 5.91 Å². The first kappa shape index (κ1) is 26.3. The van der Waals surface area contributed by atoms with E-state index in [1.54, 1.807) is 13.2 Å². The number of halogens is 1. The van der Waals surface area contributed by atoms with Gasteiger partial charge in [-0.15, -0.1) is 0 Å². The van der Waals surface area contributed by atoms with E-state index >= 15 is 0 Å². The summed E-state index contributed by atoms with van der Waals surface area (Å²) < 4.78 is 24.4. The number of hydrogen-bond acceptors (Lipinski definition) is 4. The zero-order valence-electron chi connectivity index (χ0n) is 24.7. The molecule has 8 heteroatoms. The van der Waals surface area contributed by atoms with Gasteiger partial charge >= 0.3 is 0 Å². The van der Waals surface area contributed by atoms with Crippen molar-refractivity contribution in [3.05, 3.63) is 66.0 Å². The number of piperidine rings is 1. The average Bonchev–Trinajstić information content (AvgIpc) is 3.42. The molecule has 1 aliphatic heterocycles. The molecule has 1 saturated heterocycles. The number of rotatable bonds is 6. The monoisotopic (exact) mass is 578 g/mol. The van der Waals surface area contributed by atoms with Gasteiger partial charge in [0.15, 0.2) is 17.4 Å². The van der Waals surface area contributed by atoms with Crippen molar-refractivity contribution in [1.29, 1.82) is 0 Å². The van der Waals surface area contributed by atoms with Crippen molar-refractivity contribution in [2.75, 3.05) is 13.7 Å². The number of nitrogens with zero attached hydrogens (tertiary/aromatic N) is 4. The van der Waals surface area contributed by atoms with E-state index in [1.807, 2.05) is 25.2 Å². The molecule has 2 aromatic heterocycles. The Morgan fingerprint density at radius 1 is 1.05 bits per heavy atom. The first-order chi connectivity index (χ1) is 20.8. The minimum atomic E-state index is -0.634. The molecule has 2 unspecified atom stereocenters. The van der Waals surface area contributed by atoms with Crippen molar-refractivity contribution in [1.82, 2.24) is 19.0 Å². The fourth-order valence-corrected chi connectivity index (χ4v) is 7.59. The molecule has 8 rings (SSSR count). The molecule has 0 spiro atoms. The fraction of sp³-hybridized carbons (Fsp3) is 0.371. The molecule has 1 amide bonds. The van der Waals surface area contributed by atoms with Gasteiger partial charge in [0.2, 0.25) is 0 Å². The molecule has 7 nitrogen and oxygen atoms in total. The first-order valence-electron chi connectivity index (χ1n) is 15.3.